The van der Waals surface area contributed by atoms with E-state index in [1.165, 1.54) is 25.7 Å². The molecule has 0 spiro atoms. The zero-order valence-corrected chi connectivity index (χ0v) is 12.1. The van der Waals surface area contributed by atoms with Crippen molar-refractivity contribution in [1.29, 1.82) is 0 Å². The number of carbonyl (C=O) groups excluding carboxylic acids is 2. The molecule has 4 nitrogen and oxygen atoms in total. The number of amides is 1. The molecule has 0 aromatic carbocycles. The van der Waals surface area contributed by atoms with Gasteiger partial charge in [0.2, 0.25) is 5.91 Å². The Kier molecular flexibility index (Phi) is 6.54. The Morgan fingerprint density at radius 1 is 1.28 bits per heavy atom. The van der Waals surface area contributed by atoms with Crippen molar-refractivity contribution in [3.05, 3.63) is 0 Å². The number of hydrogen-bond donors (Lipinski definition) is 1. The minimum Gasteiger partial charge on any atom is -0.466 e. The Bertz CT molecular complexity index is 288. The van der Waals surface area contributed by atoms with Gasteiger partial charge in [-0.15, -0.1) is 0 Å². The van der Waals surface area contributed by atoms with Crippen molar-refractivity contribution in [3.63, 3.8) is 0 Å². The first-order valence-electron chi connectivity index (χ1n) is 6.59. The van der Waals surface area contributed by atoms with Crippen molar-refractivity contribution >= 4 is 23.6 Å². The molecule has 1 N–H and O–H groups in total. The van der Waals surface area contributed by atoms with Gasteiger partial charge in [-0.05, 0) is 26.0 Å². The van der Waals surface area contributed by atoms with Crippen molar-refractivity contribution < 1.29 is 14.3 Å². The van der Waals surface area contributed by atoms with Gasteiger partial charge < -0.3 is 10.1 Å². The van der Waals surface area contributed by atoms with Gasteiger partial charge >= 0.3 is 5.97 Å². The lowest BCUT2D eigenvalue weighted by molar-refractivity contribution is -0.144. The maximum absolute atomic E-state index is 11.6. The molecule has 18 heavy (non-hydrogen) atoms. The molecule has 1 rings (SSSR count). The first-order chi connectivity index (χ1) is 8.62. The monoisotopic (exact) mass is 273 g/mol. The highest BCUT2D eigenvalue weighted by molar-refractivity contribution is 8.00. The summed E-state index contributed by atoms with van der Waals surface area (Å²) in [5.41, 5.74) is 0. The zero-order valence-electron chi connectivity index (χ0n) is 11.3. The van der Waals surface area contributed by atoms with Crippen LogP contribution in [0.25, 0.3) is 0 Å². The second kappa shape index (κ2) is 7.67. The van der Waals surface area contributed by atoms with Crippen LogP contribution in [0.5, 0.6) is 0 Å². The van der Waals surface area contributed by atoms with Crippen molar-refractivity contribution in [2.24, 2.45) is 0 Å². The predicted molar refractivity (Wildman–Crippen MR) is 73.6 cm³/mol. The van der Waals surface area contributed by atoms with Crippen LogP contribution in [0.3, 0.4) is 0 Å². The molecule has 0 aromatic rings. The van der Waals surface area contributed by atoms with E-state index in [2.05, 4.69) is 11.6 Å². The van der Waals surface area contributed by atoms with Gasteiger partial charge in [0.25, 0.3) is 0 Å². The molecule has 0 heterocycles. The lowest BCUT2D eigenvalue weighted by atomic mass is 10.1. The van der Waals surface area contributed by atoms with Gasteiger partial charge in [-0.3, -0.25) is 9.59 Å². The number of rotatable bonds is 7. The third-order valence-corrected chi connectivity index (χ3v) is 4.84. The average molecular weight is 273 g/mol. The zero-order chi connectivity index (χ0) is 13.4. The molecule has 1 saturated carbocycles. The summed E-state index contributed by atoms with van der Waals surface area (Å²) in [5, 5.41) is 2.95. The van der Waals surface area contributed by atoms with E-state index in [0.717, 1.165) is 6.54 Å². The Labute approximate surface area is 113 Å². The van der Waals surface area contributed by atoms with E-state index in [1.807, 2.05) is 11.8 Å². The summed E-state index contributed by atoms with van der Waals surface area (Å²) >= 11 is 1.85. The van der Waals surface area contributed by atoms with Crippen LogP contribution in [0.2, 0.25) is 0 Å². The Morgan fingerprint density at radius 3 is 2.50 bits per heavy atom. The fourth-order valence-corrected chi connectivity index (χ4v) is 3.18. The largest absolute Gasteiger partial charge is 0.466 e. The molecule has 0 radical (unpaired) electrons. The average Bonchev–Trinajstić information content (AvgIpc) is 2.84. The molecule has 0 atom stereocenters. The molecule has 1 fully saturated rings. The van der Waals surface area contributed by atoms with Gasteiger partial charge in [-0.2, -0.15) is 11.8 Å². The number of ether oxygens (including phenoxy) is 1. The van der Waals surface area contributed by atoms with E-state index in [1.54, 1.807) is 6.92 Å². The lowest BCUT2D eigenvalue weighted by Gasteiger charge is -2.26. The molecule has 0 unspecified atom stereocenters. The fraction of sp³-hybridized carbons (Fsp3) is 0.846. The highest BCUT2D eigenvalue weighted by Crippen LogP contribution is 2.39. The second-order valence-electron chi connectivity index (χ2n) is 4.68. The van der Waals surface area contributed by atoms with E-state index in [-0.39, 0.29) is 29.5 Å². The SMILES string of the molecule is CCOC(=O)CCC(=O)NCC1(SC)CCCC1. The molecule has 1 aliphatic carbocycles. The van der Waals surface area contributed by atoms with E-state index in [0.29, 0.717) is 6.61 Å². The lowest BCUT2D eigenvalue weighted by Crippen LogP contribution is -2.38. The third kappa shape index (κ3) is 4.88. The highest BCUT2D eigenvalue weighted by atomic mass is 32.2. The van der Waals surface area contributed by atoms with Crippen LogP contribution in [0.1, 0.15) is 45.4 Å². The smallest absolute Gasteiger partial charge is 0.306 e. The van der Waals surface area contributed by atoms with Crippen LogP contribution in [-0.2, 0) is 14.3 Å². The van der Waals surface area contributed by atoms with Crippen molar-refractivity contribution in [2.45, 2.75) is 50.2 Å². The summed E-state index contributed by atoms with van der Waals surface area (Å²) in [6.07, 6.45) is 7.35. The summed E-state index contributed by atoms with van der Waals surface area (Å²) in [5.74, 6) is -0.350. The minimum atomic E-state index is -0.298. The van der Waals surface area contributed by atoms with Crippen LogP contribution >= 0.6 is 11.8 Å². The number of nitrogens with one attached hydrogen (secondary N) is 1. The molecular weight excluding hydrogens is 250 g/mol. The van der Waals surface area contributed by atoms with E-state index in [9.17, 15) is 9.59 Å². The molecule has 1 amide bonds. The van der Waals surface area contributed by atoms with Crippen LogP contribution in [0, 0.1) is 0 Å². The van der Waals surface area contributed by atoms with Gasteiger partial charge in [0.15, 0.2) is 0 Å². The summed E-state index contributed by atoms with van der Waals surface area (Å²) in [7, 11) is 0. The van der Waals surface area contributed by atoms with Gasteiger partial charge in [0, 0.05) is 17.7 Å². The molecule has 1 aliphatic rings. The number of thioether (sulfide) groups is 1. The van der Waals surface area contributed by atoms with E-state index >= 15 is 0 Å². The summed E-state index contributed by atoms with van der Waals surface area (Å²) in [4.78, 5) is 22.8. The molecule has 0 aromatic heterocycles. The Morgan fingerprint density at radius 2 is 1.94 bits per heavy atom. The maximum atomic E-state index is 11.6. The second-order valence-corrected chi connectivity index (χ2v) is 5.95. The fourth-order valence-electron chi connectivity index (χ4n) is 2.27. The molecule has 104 valence electrons. The number of hydrogen-bond acceptors (Lipinski definition) is 4. The molecule has 0 aliphatic heterocycles. The van der Waals surface area contributed by atoms with Gasteiger partial charge in [-0.25, -0.2) is 0 Å². The predicted octanol–water partition coefficient (Wildman–Crippen LogP) is 2.12. The summed E-state index contributed by atoms with van der Waals surface area (Å²) in [6.45, 7) is 2.85. The Hall–Kier alpha value is -0.710. The van der Waals surface area contributed by atoms with Crippen molar-refractivity contribution in [2.75, 3.05) is 19.4 Å². The van der Waals surface area contributed by atoms with Crippen LogP contribution in [0.4, 0.5) is 0 Å². The standard InChI is InChI=1S/C13H23NO3S/c1-3-17-12(16)7-6-11(15)14-10-13(18-2)8-4-5-9-13/h3-10H2,1-2H3,(H,14,15). The molecule has 0 bridgehead atoms. The highest BCUT2D eigenvalue weighted by Gasteiger charge is 2.33. The topological polar surface area (TPSA) is 55.4 Å². The van der Waals surface area contributed by atoms with Crippen molar-refractivity contribution in [3.8, 4) is 0 Å². The van der Waals surface area contributed by atoms with E-state index < -0.39 is 0 Å². The van der Waals surface area contributed by atoms with E-state index in [4.69, 9.17) is 4.74 Å². The number of carbonyl (C=O) groups is 2. The maximum Gasteiger partial charge on any atom is 0.306 e. The number of esters is 1. The van der Waals surface area contributed by atoms with Gasteiger partial charge in [-0.1, -0.05) is 12.8 Å². The molecule has 0 saturated heterocycles. The quantitative estimate of drug-likeness (QED) is 0.722. The first kappa shape index (κ1) is 15.3. The summed E-state index contributed by atoms with van der Waals surface area (Å²) in [6, 6.07) is 0. The van der Waals surface area contributed by atoms with Crippen molar-refractivity contribution in [1.82, 2.24) is 5.32 Å². The Balaban J connectivity index is 2.22. The van der Waals surface area contributed by atoms with Gasteiger partial charge in [0.05, 0.1) is 13.0 Å². The van der Waals surface area contributed by atoms with Gasteiger partial charge in [0.1, 0.15) is 0 Å². The van der Waals surface area contributed by atoms with Crippen LogP contribution in [0.15, 0.2) is 0 Å². The third-order valence-electron chi connectivity index (χ3n) is 3.42. The minimum absolute atomic E-state index is 0.0524. The van der Waals surface area contributed by atoms with Crippen LogP contribution in [-0.4, -0.2) is 36.0 Å². The summed E-state index contributed by atoms with van der Waals surface area (Å²) < 4.78 is 5.01. The molecule has 5 heteroatoms. The normalized spacial score (nSPS) is 17.4. The first-order valence-corrected chi connectivity index (χ1v) is 7.82. The van der Waals surface area contributed by atoms with Crippen LogP contribution < -0.4 is 5.32 Å². The molecular formula is C13H23NO3S.